The number of nitrogens with two attached hydrogens (primary N) is 1. The maximum Gasteiger partial charge on any atom is 0.242 e. The van der Waals surface area contributed by atoms with Crippen molar-refractivity contribution >= 4 is 15.7 Å². The van der Waals surface area contributed by atoms with E-state index >= 15 is 0 Å². The minimum atomic E-state index is -3.40. The number of para-hydroxylation sites is 1. The molecule has 2 fully saturated rings. The minimum Gasteiger partial charge on any atom is -0.367 e. The lowest BCUT2D eigenvalue weighted by molar-refractivity contribution is 0.514. The van der Waals surface area contributed by atoms with Crippen LogP contribution in [0.1, 0.15) is 12.8 Å². The second kappa shape index (κ2) is 4.22. The van der Waals surface area contributed by atoms with Crippen LogP contribution in [0.2, 0.25) is 0 Å². The van der Waals surface area contributed by atoms with Gasteiger partial charge in [-0.05, 0) is 25.0 Å². The average Bonchev–Trinajstić information content (AvgIpc) is 3.08. The van der Waals surface area contributed by atoms with Crippen molar-refractivity contribution in [1.82, 2.24) is 4.72 Å². The molecule has 6 heteroatoms. The molecule has 0 bridgehead atoms. The molecule has 0 aromatic heterocycles. The van der Waals surface area contributed by atoms with Gasteiger partial charge in [0.25, 0.3) is 0 Å². The molecule has 2 aliphatic rings. The number of hydrogen-bond donors (Lipinski definition) is 2. The predicted octanol–water partition coefficient (Wildman–Crippen LogP) is 0.275. The summed E-state index contributed by atoms with van der Waals surface area (Å²) in [6, 6.07) is 7.39. The third-order valence-corrected chi connectivity index (χ3v) is 4.87. The topological polar surface area (TPSA) is 75.4 Å². The van der Waals surface area contributed by atoms with Crippen LogP contribution >= 0.6 is 0 Å². The van der Waals surface area contributed by atoms with Crippen LogP contribution in [-0.2, 0) is 10.0 Å². The molecule has 1 heterocycles. The van der Waals surface area contributed by atoms with Gasteiger partial charge in [-0.2, -0.15) is 0 Å². The lowest BCUT2D eigenvalue weighted by Gasteiger charge is -2.39. The fourth-order valence-corrected chi connectivity index (χ4v) is 3.67. The largest absolute Gasteiger partial charge is 0.367 e. The average molecular weight is 267 g/mol. The molecular formula is C12H17N3O2S. The zero-order valence-corrected chi connectivity index (χ0v) is 10.9. The molecule has 1 aliphatic heterocycles. The third kappa shape index (κ3) is 2.23. The molecule has 0 amide bonds. The molecule has 1 aromatic rings. The van der Waals surface area contributed by atoms with Gasteiger partial charge in [-0.15, -0.1) is 0 Å². The summed E-state index contributed by atoms with van der Waals surface area (Å²) in [5.74, 6) is 0. The first-order valence-corrected chi connectivity index (χ1v) is 7.66. The number of sulfonamides is 1. The number of nitrogens with zero attached hydrogens (tertiary/aromatic N) is 1. The fraction of sp³-hybridized carbons (Fsp3) is 0.500. The van der Waals surface area contributed by atoms with Gasteiger partial charge in [-0.25, -0.2) is 13.1 Å². The van der Waals surface area contributed by atoms with E-state index < -0.39 is 10.0 Å². The van der Waals surface area contributed by atoms with Crippen LogP contribution in [0.4, 0.5) is 5.69 Å². The molecule has 1 aliphatic carbocycles. The molecule has 1 aromatic carbocycles. The standard InChI is InChI=1S/C12H17N3O2S/c13-9-7-15(8-9)11-3-1-2-4-12(11)18(16,17)14-10-5-6-10/h1-4,9-10,14H,5-8,13H2. The summed E-state index contributed by atoms with van der Waals surface area (Å²) in [5, 5.41) is 0. The Labute approximate surface area is 107 Å². The molecule has 98 valence electrons. The van der Waals surface area contributed by atoms with E-state index in [2.05, 4.69) is 4.72 Å². The van der Waals surface area contributed by atoms with Crippen molar-refractivity contribution in [2.75, 3.05) is 18.0 Å². The number of anilines is 1. The first-order chi connectivity index (χ1) is 8.56. The predicted molar refractivity (Wildman–Crippen MR) is 70.0 cm³/mol. The number of nitrogens with one attached hydrogen (secondary N) is 1. The van der Waals surface area contributed by atoms with Gasteiger partial charge in [0.15, 0.2) is 0 Å². The second-order valence-electron chi connectivity index (χ2n) is 5.03. The van der Waals surface area contributed by atoms with E-state index in [0.29, 0.717) is 4.90 Å². The molecular weight excluding hydrogens is 250 g/mol. The highest BCUT2D eigenvalue weighted by Gasteiger charge is 2.32. The summed E-state index contributed by atoms with van der Waals surface area (Å²) < 4.78 is 27.2. The van der Waals surface area contributed by atoms with Gasteiger partial charge in [-0.3, -0.25) is 0 Å². The zero-order chi connectivity index (χ0) is 12.8. The first-order valence-electron chi connectivity index (χ1n) is 6.18. The van der Waals surface area contributed by atoms with Crippen LogP contribution in [0.5, 0.6) is 0 Å². The molecule has 1 saturated heterocycles. The summed E-state index contributed by atoms with van der Waals surface area (Å²) in [6.45, 7) is 1.44. The van der Waals surface area contributed by atoms with Gasteiger partial charge in [0.2, 0.25) is 10.0 Å². The van der Waals surface area contributed by atoms with E-state index in [1.54, 1.807) is 12.1 Å². The Bertz CT molecular complexity index is 548. The Hall–Kier alpha value is -1.11. The van der Waals surface area contributed by atoms with E-state index in [1.807, 2.05) is 17.0 Å². The Kier molecular flexibility index (Phi) is 2.80. The molecule has 0 atom stereocenters. The van der Waals surface area contributed by atoms with Gasteiger partial charge in [0, 0.05) is 25.2 Å². The van der Waals surface area contributed by atoms with Gasteiger partial charge in [0.1, 0.15) is 4.90 Å². The van der Waals surface area contributed by atoms with E-state index in [4.69, 9.17) is 5.73 Å². The van der Waals surface area contributed by atoms with Crippen molar-refractivity contribution in [3.63, 3.8) is 0 Å². The van der Waals surface area contributed by atoms with E-state index in [-0.39, 0.29) is 12.1 Å². The van der Waals surface area contributed by atoms with Crippen LogP contribution in [0.15, 0.2) is 29.2 Å². The highest BCUT2D eigenvalue weighted by Crippen LogP contribution is 2.30. The van der Waals surface area contributed by atoms with E-state index in [1.165, 1.54) is 0 Å². The second-order valence-corrected chi connectivity index (χ2v) is 6.71. The van der Waals surface area contributed by atoms with Gasteiger partial charge in [-0.1, -0.05) is 12.1 Å². The highest BCUT2D eigenvalue weighted by atomic mass is 32.2. The van der Waals surface area contributed by atoms with Gasteiger partial charge >= 0.3 is 0 Å². The minimum absolute atomic E-state index is 0.127. The lowest BCUT2D eigenvalue weighted by Crippen LogP contribution is -2.56. The highest BCUT2D eigenvalue weighted by molar-refractivity contribution is 7.89. The van der Waals surface area contributed by atoms with E-state index in [9.17, 15) is 8.42 Å². The van der Waals surface area contributed by atoms with Crippen LogP contribution < -0.4 is 15.4 Å². The quantitative estimate of drug-likeness (QED) is 0.821. The molecule has 1 saturated carbocycles. The van der Waals surface area contributed by atoms with Crippen LogP contribution in [-0.4, -0.2) is 33.6 Å². The van der Waals surface area contributed by atoms with Crippen LogP contribution in [0.3, 0.4) is 0 Å². The Morgan fingerprint density at radius 2 is 1.89 bits per heavy atom. The SMILES string of the molecule is NC1CN(c2ccccc2S(=O)(=O)NC2CC2)C1. The number of rotatable bonds is 4. The van der Waals surface area contributed by atoms with Crippen molar-refractivity contribution in [3.8, 4) is 0 Å². The summed E-state index contributed by atoms with van der Waals surface area (Å²) in [5.41, 5.74) is 6.51. The van der Waals surface area contributed by atoms with Crippen LogP contribution in [0.25, 0.3) is 0 Å². The monoisotopic (exact) mass is 267 g/mol. The van der Waals surface area contributed by atoms with Crippen molar-refractivity contribution in [3.05, 3.63) is 24.3 Å². The lowest BCUT2D eigenvalue weighted by atomic mass is 10.1. The molecule has 0 spiro atoms. The molecule has 3 rings (SSSR count). The summed E-state index contributed by atoms with van der Waals surface area (Å²) in [6.07, 6.45) is 1.88. The van der Waals surface area contributed by atoms with Crippen molar-refractivity contribution in [2.45, 2.75) is 29.8 Å². The summed E-state index contributed by atoms with van der Waals surface area (Å²) >= 11 is 0. The smallest absolute Gasteiger partial charge is 0.242 e. The van der Waals surface area contributed by atoms with Crippen molar-refractivity contribution in [1.29, 1.82) is 0 Å². The van der Waals surface area contributed by atoms with Crippen LogP contribution in [0, 0.1) is 0 Å². The number of benzene rings is 1. The summed E-state index contributed by atoms with van der Waals surface area (Å²) in [4.78, 5) is 2.37. The van der Waals surface area contributed by atoms with Crippen molar-refractivity contribution in [2.24, 2.45) is 5.73 Å². The third-order valence-electron chi connectivity index (χ3n) is 3.30. The number of hydrogen-bond acceptors (Lipinski definition) is 4. The first kappa shape index (κ1) is 12.0. The Morgan fingerprint density at radius 1 is 1.22 bits per heavy atom. The Balaban J connectivity index is 1.90. The molecule has 3 N–H and O–H groups in total. The summed E-state index contributed by atoms with van der Waals surface area (Å²) in [7, 11) is -3.40. The zero-order valence-electron chi connectivity index (χ0n) is 10.0. The van der Waals surface area contributed by atoms with Crippen molar-refractivity contribution < 1.29 is 8.42 Å². The molecule has 5 nitrogen and oxygen atoms in total. The fourth-order valence-electron chi connectivity index (χ4n) is 2.14. The molecule has 0 radical (unpaired) electrons. The van der Waals surface area contributed by atoms with Gasteiger partial charge in [0.05, 0.1) is 5.69 Å². The molecule has 18 heavy (non-hydrogen) atoms. The van der Waals surface area contributed by atoms with Gasteiger partial charge < -0.3 is 10.6 Å². The molecule has 0 unspecified atom stereocenters. The maximum absolute atomic E-state index is 12.3. The van der Waals surface area contributed by atoms with E-state index in [0.717, 1.165) is 31.6 Å². The Morgan fingerprint density at radius 3 is 2.50 bits per heavy atom. The normalized spacial score (nSPS) is 20.8. The maximum atomic E-state index is 12.3.